The SMILES string of the molecule is CCn1cc(-c2ccccc2S(=O)(=O)Nc2ccc(CC(=O)CCc3cccnc3)cc2)cn1. The van der Waals surface area contributed by atoms with Gasteiger partial charge in [-0.3, -0.25) is 19.2 Å². The number of sulfonamides is 1. The minimum atomic E-state index is -3.82. The number of aromatic nitrogens is 3. The van der Waals surface area contributed by atoms with Gasteiger partial charge in [-0.1, -0.05) is 36.4 Å². The summed E-state index contributed by atoms with van der Waals surface area (Å²) < 4.78 is 30.7. The molecule has 0 atom stereocenters. The van der Waals surface area contributed by atoms with E-state index in [9.17, 15) is 13.2 Å². The van der Waals surface area contributed by atoms with E-state index in [0.717, 1.165) is 16.7 Å². The molecule has 0 spiro atoms. The molecule has 0 amide bonds. The average molecular weight is 475 g/mol. The van der Waals surface area contributed by atoms with Gasteiger partial charge in [0.25, 0.3) is 10.0 Å². The molecule has 8 heteroatoms. The number of rotatable bonds is 10. The molecule has 2 aromatic heterocycles. The van der Waals surface area contributed by atoms with Crippen molar-refractivity contribution in [3.63, 3.8) is 0 Å². The maximum atomic E-state index is 13.2. The zero-order valence-corrected chi connectivity index (χ0v) is 19.7. The van der Waals surface area contributed by atoms with Crippen LogP contribution in [0.1, 0.15) is 24.5 Å². The molecule has 0 bridgehead atoms. The fraction of sp³-hybridized carbons (Fsp3) is 0.192. The molecule has 0 unspecified atom stereocenters. The summed E-state index contributed by atoms with van der Waals surface area (Å²) in [6.07, 6.45) is 8.36. The first-order valence-corrected chi connectivity index (χ1v) is 12.6. The molecule has 174 valence electrons. The third kappa shape index (κ3) is 5.77. The van der Waals surface area contributed by atoms with E-state index in [1.807, 2.05) is 25.3 Å². The van der Waals surface area contributed by atoms with Crippen molar-refractivity contribution in [3.8, 4) is 11.1 Å². The number of anilines is 1. The zero-order valence-electron chi connectivity index (χ0n) is 18.9. The van der Waals surface area contributed by atoms with Crippen LogP contribution in [0.5, 0.6) is 0 Å². The number of carbonyl (C=O) groups is 1. The van der Waals surface area contributed by atoms with E-state index in [0.29, 0.717) is 37.1 Å². The van der Waals surface area contributed by atoms with Crippen LogP contribution >= 0.6 is 0 Å². The van der Waals surface area contributed by atoms with Crippen molar-refractivity contribution in [2.75, 3.05) is 4.72 Å². The molecule has 34 heavy (non-hydrogen) atoms. The second-order valence-corrected chi connectivity index (χ2v) is 9.61. The molecular formula is C26H26N4O3S. The number of benzene rings is 2. The summed E-state index contributed by atoms with van der Waals surface area (Å²) in [5, 5.41) is 4.25. The number of pyridine rings is 1. The van der Waals surface area contributed by atoms with Crippen molar-refractivity contribution < 1.29 is 13.2 Å². The summed E-state index contributed by atoms with van der Waals surface area (Å²) in [4.78, 5) is 16.6. The first-order valence-electron chi connectivity index (χ1n) is 11.1. The zero-order chi connectivity index (χ0) is 24.0. The summed E-state index contributed by atoms with van der Waals surface area (Å²) >= 11 is 0. The predicted molar refractivity (Wildman–Crippen MR) is 132 cm³/mol. The van der Waals surface area contributed by atoms with E-state index in [4.69, 9.17) is 0 Å². The quantitative estimate of drug-likeness (QED) is 0.365. The van der Waals surface area contributed by atoms with Gasteiger partial charge in [0.2, 0.25) is 0 Å². The molecule has 0 radical (unpaired) electrons. The Hall–Kier alpha value is -3.78. The third-order valence-corrected chi connectivity index (χ3v) is 6.91. The van der Waals surface area contributed by atoms with Gasteiger partial charge in [-0.15, -0.1) is 0 Å². The lowest BCUT2D eigenvalue weighted by Crippen LogP contribution is -2.14. The standard InChI is InChI=1S/C26H26N4O3S/c1-2-30-19-22(18-28-30)25-7-3-4-8-26(25)34(32,33)29-23-12-9-20(10-13-23)16-24(31)14-11-21-6-5-15-27-17-21/h3-10,12-13,15,17-19,29H,2,11,14,16H2,1H3. The van der Waals surface area contributed by atoms with Crippen LogP contribution in [0.15, 0.2) is 90.3 Å². The van der Waals surface area contributed by atoms with Crippen LogP contribution in [0, 0.1) is 0 Å². The number of nitrogens with one attached hydrogen (secondary N) is 1. The number of nitrogens with zero attached hydrogens (tertiary/aromatic N) is 3. The van der Waals surface area contributed by atoms with Crippen molar-refractivity contribution in [1.82, 2.24) is 14.8 Å². The second kappa shape index (κ2) is 10.4. The van der Waals surface area contributed by atoms with Gasteiger partial charge in [0.05, 0.1) is 11.1 Å². The smallest absolute Gasteiger partial charge is 0.262 e. The number of hydrogen-bond acceptors (Lipinski definition) is 5. The Bertz CT molecular complexity index is 1360. The lowest BCUT2D eigenvalue weighted by Gasteiger charge is -2.12. The highest BCUT2D eigenvalue weighted by Crippen LogP contribution is 2.28. The van der Waals surface area contributed by atoms with Crippen LogP contribution in [0.2, 0.25) is 0 Å². The van der Waals surface area contributed by atoms with Crippen molar-refractivity contribution >= 4 is 21.5 Å². The maximum Gasteiger partial charge on any atom is 0.262 e. The van der Waals surface area contributed by atoms with Gasteiger partial charge in [0, 0.05) is 54.8 Å². The molecule has 7 nitrogen and oxygen atoms in total. The van der Waals surface area contributed by atoms with Crippen LogP contribution < -0.4 is 4.72 Å². The second-order valence-electron chi connectivity index (χ2n) is 7.96. The Balaban J connectivity index is 1.42. The van der Waals surface area contributed by atoms with E-state index in [2.05, 4.69) is 14.8 Å². The van der Waals surface area contributed by atoms with E-state index >= 15 is 0 Å². The summed E-state index contributed by atoms with van der Waals surface area (Å²) in [7, 11) is -3.82. The molecule has 2 heterocycles. The van der Waals surface area contributed by atoms with Crippen LogP contribution in [-0.2, 0) is 34.2 Å². The normalized spacial score (nSPS) is 11.3. The highest BCUT2D eigenvalue weighted by molar-refractivity contribution is 7.92. The minimum absolute atomic E-state index is 0.124. The minimum Gasteiger partial charge on any atom is -0.299 e. The monoisotopic (exact) mass is 474 g/mol. The van der Waals surface area contributed by atoms with Crippen LogP contribution in [-0.4, -0.2) is 29.0 Å². The fourth-order valence-electron chi connectivity index (χ4n) is 3.66. The van der Waals surface area contributed by atoms with Crippen molar-refractivity contribution in [2.24, 2.45) is 0 Å². The molecule has 0 fully saturated rings. The number of aryl methyl sites for hydroxylation is 2. The highest BCUT2D eigenvalue weighted by Gasteiger charge is 2.20. The number of ketones is 1. The van der Waals surface area contributed by atoms with Gasteiger partial charge in [-0.25, -0.2) is 8.42 Å². The van der Waals surface area contributed by atoms with E-state index in [1.165, 1.54) is 0 Å². The molecule has 0 saturated carbocycles. The molecule has 0 aliphatic carbocycles. The van der Waals surface area contributed by atoms with Gasteiger partial charge < -0.3 is 0 Å². The first-order chi connectivity index (χ1) is 16.4. The van der Waals surface area contributed by atoms with Crippen molar-refractivity contribution in [1.29, 1.82) is 0 Å². The van der Waals surface area contributed by atoms with Gasteiger partial charge in [0.15, 0.2) is 0 Å². The summed E-state index contributed by atoms with van der Waals surface area (Å²) in [6, 6.07) is 17.6. The molecule has 0 saturated heterocycles. The van der Waals surface area contributed by atoms with E-state index in [-0.39, 0.29) is 10.7 Å². The Labute approximate surface area is 199 Å². The Kier molecular flexibility index (Phi) is 7.18. The lowest BCUT2D eigenvalue weighted by molar-refractivity contribution is -0.118. The summed E-state index contributed by atoms with van der Waals surface area (Å²) in [6.45, 7) is 2.67. The van der Waals surface area contributed by atoms with E-state index in [1.54, 1.807) is 71.8 Å². The van der Waals surface area contributed by atoms with Crippen molar-refractivity contribution in [3.05, 3.63) is 96.6 Å². The average Bonchev–Trinajstić information content (AvgIpc) is 3.34. The maximum absolute atomic E-state index is 13.2. The highest BCUT2D eigenvalue weighted by atomic mass is 32.2. The Morgan fingerprint density at radius 1 is 0.971 bits per heavy atom. The van der Waals surface area contributed by atoms with Gasteiger partial charge in [-0.05, 0) is 48.7 Å². The topological polar surface area (TPSA) is 94.0 Å². The number of hydrogen-bond donors (Lipinski definition) is 1. The van der Waals surface area contributed by atoms with Crippen molar-refractivity contribution in [2.45, 2.75) is 37.6 Å². The van der Waals surface area contributed by atoms with Crippen LogP contribution in [0.4, 0.5) is 5.69 Å². The van der Waals surface area contributed by atoms with Gasteiger partial charge in [-0.2, -0.15) is 5.10 Å². The molecule has 0 aliphatic heterocycles. The molecular weight excluding hydrogens is 448 g/mol. The first kappa shape index (κ1) is 23.4. The number of carbonyl (C=O) groups excluding carboxylic acids is 1. The molecule has 0 aliphatic rings. The predicted octanol–water partition coefficient (Wildman–Crippen LogP) is 4.51. The number of Topliss-reactive ketones (excluding diaryl/α,β-unsaturated/α-hetero) is 1. The van der Waals surface area contributed by atoms with Gasteiger partial charge >= 0.3 is 0 Å². The third-order valence-electron chi connectivity index (χ3n) is 5.47. The Morgan fingerprint density at radius 2 is 1.76 bits per heavy atom. The lowest BCUT2D eigenvalue weighted by atomic mass is 10.0. The largest absolute Gasteiger partial charge is 0.299 e. The van der Waals surface area contributed by atoms with Crippen LogP contribution in [0.25, 0.3) is 11.1 Å². The summed E-state index contributed by atoms with van der Waals surface area (Å²) in [5.41, 5.74) is 3.63. The van der Waals surface area contributed by atoms with Gasteiger partial charge in [0.1, 0.15) is 5.78 Å². The fourth-order valence-corrected chi connectivity index (χ4v) is 4.95. The van der Waals surface area contributed by atoms with E-state index < -0.39 is 10.0 Å². The molecule has 1 N–H and O–H groups in total. The molecule has 2 aromatic carbocycles. The Morgan fingerprint density at radius 3 is 2.47 bits per heavy atom. The van der Waals surface area contributed by atoms with Crippen LogP contribution in [0.3, 0.4) is 0 Å². The molecule has 4 aromatic rings. The molecule has 4 rings (SSSR count). The summed E-state index contributed by atoms with van der Waals surface area (Å²) in [5.74, 6) is 0.124.